The lowest BCUT2D eigenvalue weighted by molar-refractivity contribution is 0.0600. The van der Waals surface area contributed by atoms with Gasteiger partial charge in [0.1, 0.15) is 5.75 Å². The van der Waals surface area contributed by atoms with Crippen LogP contribution in [0.1, 0.15) is 21.5 Å². The molecule has 0 spiro atoms. The summed E-state index contributed by atoms with van der Waals surface area (Å²) < 4.78 is 9.77. The second kappa shape index (κ2) is 6.44. The summed E-state index contributed by atoms with van der Waals surface area (Å²) in [6.45, 7) is 0. The van der Waals surface area contributed by atoms with Crippen molar-refractivity contribution in [1.29, 1.82) is 0 Å². The van der Waals surface area contributed by atoms with E-state index in [9.17, 15) is 4.79 Å². The highest BCUT2D eigenvalue weighted by molar-refractivity contribution is 5.89. The van der Waals surface area contributed by atoms with E-state index >= 15 is 0 Å². The van der Waals surface area contributed by atoms with Crippen molar-refractivity contribution in [3.8, 4) is 17.6 Å². The van der Waals surface area contributed by atoms with Crippen LogP contribution in [0.2, 0.25) is 0 Å². The number of methoxy groups -OCH3 is 2. The number of hydrogen-bond donors (Lipinski definition) is 0. The highest BCUT2D eigenvalue weighted by Gasteiger charge is 2.04. The standard InChI is InChI=1S/C17H14O3/c1-19-16-10-8-13(9-11-16)6-7-14-4-3-5-15(12-14)17(18)20-2/h3-5,8-12H,1-2H3. The Bertz CT molecular complexity index is 661. The van der Waals surface area contributed by atoms with E-state index in [0.29, 0.717) is 5.56 Å². The van der Waals surface area contributed by atoms with Crippen LogP contribution in [-0.4, -0.2) is 20.2 Å². The molecular weight excluding hydrogens is 252 g/mol. The summed E-state index contributed by atoms with van der Waals surface area (Å²) in [5.41, 5.74) is 2.15. The lowest BCUT2D eigenvalue weighted by atomic mass is 10.1. The zero-order chi connectivity index (χ0) is 14.4. The third-order valence-electron chi connectivity index (χ3n) is 2.72. The van der Waals surface area contributed by atoms with Crippen molar-refractivity contribution in [2.45, 2.75) is 0 Å². The molecule has 0 bridgehead atoms. The molecular formula is C17H14O3. The molecule has 3 heteroatoms. The van der Waals surface area contributed by atoms with Crippen LogP contribution in [0.4, 0.5) is 0 Å². The van der Waals surface area contributed by atoms with Gasteiger partial charge in [0, 0.05) is 11.1 Å². The number of esters is 1. The van der Waals surface area contributed by atoms with Crippen LogP contribution in [0.3, 0.4) is 0 Å². The lowest BCUT2D eigenvalue weighted by Gasteiger charge is -1.99. The van der Waals surface area contributed by atoms with Crippen LogP contribution in [0.25, 0.3) is 0 Å². The maximum Gasteiger partial charge on any atom is 0.337 e. The van der Waals surface area contributed by atoms with Crippen molar-refractivity contribution in [2.24, 2.45) is 0 Å². The van der Waals surface area contributed by atoms with E-state index in [2.05, 4.69) is 16.6 Å². The van der Waals surface area contributed by atoms with Gasteiger partial charge < -0.3 is 9.47 Å². The molecule has 0 aliphatic carbocycles. The van der Waals surface area contributed by atoms with Crippen LogP contribution < -0.4 is 4.74 Å². The van der Waals surface area contributed by atoms with Gasteiger partial charge in [0.15, 0.2) is 0 Å². The van der Waals surface area contributed by atoms with Gasteiger partial charge in [-0.1, -0.05) is 17.9 Å². The minimum atomic E-state index is -0.363. The molecule has 3 nitrogen and oxygen atoms in total. The van der Waals surface area contributed by atoms with Gasteiger partial charge in [0.05, 0.1) is 19.8 Å². The zero-order valence-electron chi connectivity index (χ0n) is 11.3. The molecule has 0 radical (unpaired) electrons. The van der Waals surface area contributed by atoms with Gasteiger partial charge in [0.2, 0.25) is 0 Å². The Labute approximate surface area is 118 Å². The van der Waals surface area contributed by atoms with Gasteiger partial charge in [0.25, 0.3) is 0 Å². The van der Waals surface area contributed by atoms with Gasteiger partial charge in [-0.05, 0) is 42.5 Å². The molecule has 2 aromatic rings. The quantitative estimate of drug-likeness (QED) is 0.619. The second-order valence-electron chi connectivity index (χ2n) is 4.05. The van der Waals surface area contributed by atoms with E-state index in [4.69, 9.17) is 4.74 Å². The monoisotopic (exact) mass is 266 g/mol. The predicted molar refractivity (Wildman–Crippen MR) is 76.8 cm³/mol. The van der Waals surface area contributed by atoms with E-state index < -0.39 is 0 Å². The number of carbonyl (C=O) groups is 1. The topological polar surface area (TPSA) is 35.5 Å². The molecule has 0 aromatic heterocycles. The SMILES string of the molecule is COC(=O)c1cccc(C#Cc2ccc(OC)cc2)c1. The fraction of sp³-hybridized carbons (Fsp3) is 0.118. The highest BCUT2D eigenvalue weighted by Crippen LogP contribution is 2.11. The maximum absolute atomic E-state index is 11.4. The number of benzene rings is 2. The van der Waals surface area contributed by atoms with E-state index in [0.717, 1.165) is 16.9 Å². The molecule has 0 unspecified atom stereocenters. The first kappa shape index (κ1) is 13.7. The molecule has 0 atom stereocenters. The van der Waals surface area contributed by atoms with Crippen molar-refractivity contribution in [2.75, 3.05) is 14.2 Å². The zero-order valence-corrected chi connectivity index (χ0v) is 11.3. The van der Waals surface area contributed by atoms with Crippen molar-refractivity contribution >= 4 is 5.97 Å². The third-order valence-corrected chi connectivity index (χ3v) is 2.72. The Balaban J connectivity index is 2.21. The Morgan fingerprint density at radius 3 is 2.30 bits per heavy atom. The van der Waals surface area contributed by atoms with Gasteiger partial charge >= 0.3 is 5.97 Å². The van der Waals surface area contributed by atoms with Crippen LogP contribution in [0.5, 0.6) is 5.75 Å². The average molecular weight is 266 g/mol. The first-order chi connectivity index (χ1) is 9.72. The minimum absolute atomic E-state index is 0.363. The highest BCUT2D eigenvalue weighted by atomic mass is 16.5. The molecule has 0 aliphatic rings. The first-order valence-corrected chi connectivity index (χ1v) is 6.07. The average Bonchev–Trinajstić information content (AvgIpc) is 2.53. The predicted octanol–water partition coefficient (Wildman–Crippen LogP) is 2.88. The molecule has 20 heavy (non-hydrogen) atoms. The van der Waals surface area contributed by atoms with Crippen LogP contribution >= 0.6 is 0 Å². The molecule has 2 rings (SSSR count). The molecule has 0 amide bonds. The summed E-state index contributed by atoms with van der Waals surface area (Å²) in [6, 6.07) is 14.5. The number of ether oxygens (including phenoxy) is 2. The summed E-state index contributed by atoms with van der Waals surface area (Å²) >= 11 is 0. The van der Waals surface area contributed by atoms with Gasteiger partial charge in [-0.15, -0.1) is 0 Å². The fourth-order valence-electron chi connectivity index (χ4n) is 1.66. The largest absolute Gasteiger partial charge is 0.497 e. The molecule has 0 N–H and O–H groups in total. The molecule has 2 aromatic carbocycles. The molecule has 100 valence electrons. The van der Waals surface area contributed by atoms with Gasteiger partial charge in [-0.25, -0.2) is 4.79 Å². The summed E-state index contributed by atoms with van der Waals surface area (Å²) in [7, 11) is 2.98. The van der Waals surface area contributed by atoms with Gasteiger partial charge in [-0.2, -0.15) is 0 Å². The van der Waals surface area contributed by atoms with Crippen LogP contribution in [0, 0.1) is 11.8 Å². The van der Waals surface area contributed by atoms with E-state index in [-0.39, 0.29) is 5.97 Å². The number of rotatable bonds is 2. The van der Waals surface area contributed by atoms with Crippen molar-refractivity contribution in [1.82, 2.24) is 0 Å². The fourth-order valence-corrected chi connectivity index (χ4v) is 1.66. The van der Waals surface area contributed by atoms with E-state index in [1.165, 1.54) is 7.11 Å². The first-order valence-electron chi connectivity index (χ1n) is 6.07. The smallest absolute Gasteiger partial charge is 0.337 e. The second-order valence-corrected chi connectivity index (χ2v) is 4.05. The molecule has 0 saturated heterocycles. The normalized spacial score (nSPS) is 9.30. The number of hydrogen-bond acceptors (Lipinski definition) is 3. The Morgan fingerprint density at radius 1 is 0.950 bits per heavy atom. The lowest BCUT2D eigenvalue weighted by Crippen LogP contribution is -2.00. The van der Waals surface area contributed by atoms with Gasteiger partial charge in [-0.3, -0.25) is 0 Å². The van der Waals surface area contributed by atoms with Crippen molar-refractivity contribution in [3.63, 3.8) is 0 Å². The summed E-state index contributed by atoms with van der Waals surface area (Å²) in [5, 5.41) is 0. The number of carbonyl (C=O) groups excluding carboxylic acids is 1. The Morgan fingerprint density at radius 2 is 1.65 bits per heavy atom. The van der Waals surface area contributed by atoms with Crippen LogP contribution in [0.15, 0.2) is 48.5 Å². The molecule has 0 saturated carbocycles. The summed E-state index contributed by atoms with van der Waals surface area (Å²) in [5.74, 6) is 6.49. The third kappa shape index (κ3) is 3.39. The van der Waals surface area contributed by atoms with E-state index in [1.54, 1.807) is 25.3 Å². The van der Waals surface area contributed by atoms with Crippen molar-refractivity contribution in [3.05, 3.63) is 65.2 Å². The summed E-state index contributed by atoms with van der Waals surface area (Å²) in [4.78, 5) is 11.4. The molecule has 0 heterocycles. The molecule has 0 aliphatic heterocycles. The maximum atomic E-state index is 11.4. The van der Waals surface area contributed by atoms with E-state index in [1.807, 2.05) is 30.3 Å². The van der Waals surface area contributed by atoms with Crippen LogP contribution in [-0.2, 0) is 4.74 Å². The Hall–Kier alpha value is -2.73. The molecule has 0 fully saturated rings. The van der Waals surface area contributed by atoms with Crippen molar-refractivity contribution < 1.29 is 14.3 Å². The summed E-state index contributed by atoms with van der Waals surface area (Å²) in [6.07, 6.45) is 0. The minimum Gasteiger partial charge on any atom is -0.497 e. The Kier molecular flexibility index (Phi) is 4.41.